The van der Waals surface area contributed by atoms with Crippen molar-refractivity contribution in [3.8, 4) is 0 Å². The molecule has 3 rings (SSSR count). The van der Waals surface area contributed by atoms with Crippen LogP contribution in [0, 0.1) is 19.8 Å². The van der Waals surface area contributed by atoms with Crippen molar-refractivity contribution >= 4 is 17.6 Å². The molecular formula is C17H19N3O3. The highest BCUT2D eigenvalue weighted by atomic mass is 16.5. The van der Waals surface area contributed by atoms with Crippen LogP contribution in [0.4, 0.5) is 5.82 Å². The van der Waals surface area contributed by atoms with E-state index in [0.29, 0.717) is 24.7 Å². The van der Waals surface area contributed by atoms with Gasteiger partial charge >= 0.3 is 0 Å². The van der Waals surface area contributed by atoms with Crippen molar-refractivity contribution < 1.29 is 14.1 Å². The van der Waals surface area contributed by atoms with Crippen LogP contribution in [0.15, 0.2) is 34.9 Å². The minimum absolute atomic E-state index is 0.103. The third-order valence-electron chi connectivity index (χ3n) is 3.94. The van der Waals surface area contributed by atoms with Gasteiger partial charge in [0.1, 0.15) is 5.76 Å². The van der Waals surface area contributed by atoms with Crippen LogP contribution in [0.2, 0.25) is 0 Å². The molecule has 1 unspecified atom stereocenters. The average Bonchev–Trinajstić information content (AvgIpc) is 3.11. The van der Waals surface area contributed by atoms with Gasteiger partial charge in [-0.25, -0.2) is 0 Å². The largest absolute Gasteiger partial charge is 0.360 e. The van der Waals surface area contributed by atoms with Crippen LogP contribution in [0.3, 0.4) is 0 Å². The Hall–Kier alpha value is -2.63. The SMILES string of the molecule is Cc1cccc(CNC(=O)C2CC(=O)N(c3cc(C)on3)C2)c1. The van der Waals surface area contributed by atoms with E-state index < -0.39 is 0 Å². The lowest BCUT2D eigenvalue weighted by molar-refractivity contribution is -0.126. The molecule has 6 nitrogen and oxygen atoms in total. The number of amides is 2. The van der Waals surface area contributed by atoms with E-state index in [2.05, 4.69) is 10.5 Å². The van der Waals surface area contributed by atoms with Crippen LogP contribution in [-0.4, -0.2) is 23.5 Å². The van der Waals surface area contributed by atoms with Gasteiger partial charge in [0.25, 0.3) is 0 Å². The number of hydrogen-bond acceptors (Lipinski definition) is 4. The summed E-state index contributed by atoms with van der Waals surface area (Å²) in [7, 11) is 0. The summed E-state index contributed by atoms with van der Waals surface area (Å²) in [6.45, 7) is 4.58. The molecule has 1 fully saturated rings. The monoisotopic (exact) mass is 313 g/mol. The van der Waals surface area contributed by atoms with Gasteiger partial charge in [0, 0.05) is 25.6 Å². The highest BCUT2D eigenvalue weighted by molar-refractivity contribution is 5.99. The number of carbonyl (C=O) groups is 2. The number of benzene rings is 1. The van der Waals surface area contributed by atoms with Crippen molar-refractivity contribution in [3.63, 3.8) is 0 Å². The van der Waals surface area contributed by atoms with Gasteiger partial charge in [0.15, 0.2) is 5.82 Å². The van der Waals surface area contributed by atoms with Gasteiger partial charge in [-0.1, -0.05) is 35.0 Å². The lowest BCUT2D eigenvalue weighted by atomic mass is 10.1. The van der Waals surface area contributed by atoms with E-state index >= 15 is 0 Å². The molecule has 2 amide bonds. The fourth-order valence-electron chi connectivity index (χ4n) is 2.74. The third-order valence-corrected chi connectivity index (χ3v) is 3.94. The summed E-state index contributed by atoms with van der Waals surface area (Å²) >= 11 is 0. The lowest BCUT2D eigenvalue weighted by Crippen LogP contribution is -2.32. The molecular weight excluding hydrogens is 294 g/mol. The normalized spacial score (nSPS) is 17.6. The van der Waals surface area contributed by atoms with E-state index in [0.717, 1.165) is 11.1 Å². The molecule has 2 aromatic rings. The molecule has 1 atom stereocenters. The van der Waals surface area contributed by atoms with E-state index in [4.69, 9.17) is 4.52 Å². The molecule has 2 heterocycles. The summed E-state index contributed by atoms with van der Waals surface area (Å²) in [5, 5.41) is 6.75. The summed E-state index contributed by atoms with van der Waals surface area (Å²) < 4.78 is 4.99. The van der Waals surface area contributed by atoms with Crippen LogP contribution in [0.1, 0.15) is 23.3 Å². The Morgan fingerprint density at radius 2 is 2.22 bits per heavy atom. The second-order valence-corrected chi connectivity index (χ2v) is 5.91. The molecule has 0 radical (unpaired) electrons. The van der Waals surface area contributed by atoms with Gasteiger partial charge in [-0.3, -0.25) is 14.5 Å². The second kappa shape index (κ2) is 6.24. The maximum absolute atomic E-state index is 12.3. The number of nitrogens with zero attached hydrogens (tertiary/aromatic N) is 2. The molecule has 0 spiro atoms. The van der Waals surface area contributed by atoms with Gasteiger partial charge in [0.2, 0.25) is 11.8 Å². The number of aryl methyl sites for hydroxylation is 2. The molecule has 120 valence electrons. The number of anilines is 1. The van der Waals surface area contributed by atoms with Gasteiger partial charge in [-0.15, -0.1) is 0 Å². The Balaban J connectivity index is 1.59. The standard InChI is InChI=1S/C17H19N3O3/c1-11-4-3-5-13(6-11)9-18-17(22)14-8-16(21)20(10-14)15-7-12(2)23-19-15/h3-7,14H,8-10H2,1-2H3,(H,18,22). The van der Waals surface area contributed by atoms with E-state index in [1.807, 2.05) is 31.2 Å². The maximum Gasteiger partial charge on any atom is 0.229 e. The predicted octanol–water partition coefficient (Wildman–Crippen LogP) is 1.96. The van der Waals surface area contributed by atoms with Crippen LogP contribution >= 0.6 is 0 Å². The van der Waals surface area contributed by atoms with Crippen LogP contribution in [0.5, 0.6) is 0 Å². The summed E-state index contributed by atoms with van der Waals surface area (Å²) in [6.07, 6.45) is 0.200. The summed E-state index contributed by atoms with van der Waals surface area (Å²) in [4.78, 5) is 25.9. The molecule has 6 heteroatoms. The minimum atomic E-state index is -0.357. The Labute approximate surface area is 134 Å². The lowest BCUT2D eigenvalue weighted by Gasteiger charge is -2.13. The molecule has 0 bridgehead atoms. The summed E-state index contributed by atoms with van der Waals surface area (Å²) in [6, 6.07) is 9.68. The first-order chi connectivity index (χ1) is 11.0. The zero-order chi connectivity index (χ0) is 16.4. The Bertz CT molecular complexity index is 738. The molecule has 1 N–H and O–H groups in total. The molecule has 0 aliphatic carbocycles. The first-order valence-corrected chi connectivity index (χ1v) is 7.60. The number of carbonyl (C=O) groups excluding carboxylic acids is 2. The predicted molar refractivity (Wildman–Crippen MR) is 84.7 cm³/mol. The molecule has 23 heavy (non-hydrogen) atoms. The van der Waals surface area contributed by atoms with Crippen LogP contribution in [0.25, 0.3) is 0 Å². The van der Waals surface area contributed by atoms with Crippen molar-refractivity contribution in [2.45, 2.75) is 26.8 Å². The van der Waals surface area contributed by atoms with Gasteiger partial charge in [-0.05, 0) is 19.4 Å². The summed E-state index contributed by atoms with van der Waals surface area (Å²) in [5.74, 6) is 0.544. The van der Waals surface area contributed by atoms with Crippen LogP contribution < -0.4 is 10.2 Å². The quantitative estimate of drug-likeness (QED) is 0.936. The smallest absolute Gasteiger partial charge is 0.229 e. The van der Waals surface area contributed by atoms with Crippen molar-refractivity contribution in [1.29, 1.82) is 0 Å². The van der Waals surface area contributed by atoms with E-state index in [9.17, 15) is 9.59 Å². The molecule has 1 aliphatic rings. The third kappa shape index (κ3) is 3.41. The number of aromatic nitrogens is 1. The first kappa shape index (κ1) is 15.3. The Morgan fingerprint density at radius 3 is 2.91 bits per heavy atom. The van der Waals surface area contributed by atoms with Crippen molar-refractivity contribution in [2.24, 2.45) is 5.92 Å². The zero-order valence-electron chi connectivity index (χ0n) is 13.2. The first-order valence-electron chi connectivity index (χ1n) is 7.60. The van der Waals surface area contributed by atoms with Crippen molar-refractivity contribution in [3.05, 3.63) is 47.2 Å². The molecule has 1 aromatic carbocycles. The second-order valence-electron chi connectivity index (χ2n) is 5.91. The van der Waals surface area contributed by atoms with E-state index in [1.54, 1.807) is 13.0 Å². The molecule has 1 aliphatic heterocycles. The fourth-order valence-corrected chi connectivity index (χ4v) is 2.74. The highest BCUT2D eigenvalue weighted by Crippen LogP contribution is 2.24. The Kier molecular flexibility index (Phi) is 4.14. The minimum Gasteiger partial charge on any atom is -0.360 e. The molecule has 1 saturated heterocycles. The van der Waals surface area contributed by atoms with Gasteiger partial charge in [-0.2, -0.15) is 0 Å². The van der Waals surface area contributed by atoms with Crippen molar-refractivity contribution in [2.75, 3.05) is 11.4 Å². The number of rotatable bonds is 4. The molecule has 0 saturated carbocycles. The zero-order valence-corrected chi connectivity index (χ0v) is 13.2. The van der Waals surface area contributed by atoms with E-state index in [-0.39, 0.29) is 24.2 Å². The molecule has 1 aromatic heterocycles. The van der Waals surface area contributed by atoms with Gasteiger partial charge in [0.05, 0.1) is 5.92 Å². The maximum atomic E-state index is 12.3. The fraction of sp³-hybridized carbons (Fsp3) is 0.353. The highest BCUT2D eigenvalue weighted by Gasteiger charge is 2.36. The summed E-state index contributed by atoms with van der Waals surface area (Å²) in [5.41, 5.74) is 2.20. The Morgan fingerprint density at radius 1 is 1.39 bits per heavy atom. The topological polar surface area (TPSA) is 75.4 Å². The van der Waals surface area contributed by atoms with Crippen molar-refractivity contribution in [1.82, 2.24) is 10.5 Å². The average molecular weight is 313 g/mol. The van der Waals surface area contributed by atoms with Crippen LogP contribution in [-0.2, 0) is 16.1 Å². The number of hydrogen-bond donors (Lipinski definition) is 1. The number of nitrogens with one attached hydrogen (secondary N) is 1. The van der Waals surface area contributed by atoms with E-state index in [1.165, 1.54) is 4.90 Å². The van der Waals surface area contributed by atoms with Gasteiger partial charge < -0.3 is 9.84 Å².